The van der Waals surface area contributed by atoms with Crippen molar-refractivity contribution in [3.05, 3.63) is 30.3 Å². The van der Waals surface area contributed by atoms with Crippen LogP contribution in [0.2, 0.25) is 0 Å². The number of nitrogens with one attached hydrogen (secondary N) is 1. The first kappa shape index (κ1) is 11.7. The zero-order valence-corrected chi connectivity index (χ0v) is 9.25. The number of benzene rings is 1. The van der Waals surface area contributed by atoms with Gasteiger partial charge in [-0.25, -0.2) is 13.1 Å². The molecule has 15 heavy (non-hydrogen) atoms. The summed E-state index contributed by atoms with van der Waals surface area (Å²) in [6, 6.07) is 7.83. The summed E-state index contributed by atoms with van der Waals surface area (Å²) in [5, 5.41) is 0. The van der Waals surface area contributed by atoms with Gasteiger partial charge in [-0.3, -0.25) is 4.79 Å². The second-order valence-electron chi connectivity index (χ2n) is 3.09. The Morgan fingerprint density at radius 2 is 1.87 bits per heavy atom. The van der Waals surface area contributed by atoms with Gasteiger partial charge < -0.3 is 0 Å². The zero-order valence-electron chi connectivity index (χ0n) is 8.43. The van der Waals surface area contributed by atoms with E-state index in [4.69, 9.17) is 0 Å². The summed E-state index contributed by atoms with van der Waals surface area (Å²) in [6.07, 6.45) is 0.836. The van der Waals surface area contributed by atoms with Gasteiger partial charge in [0, 0.05) is 6.42 Å². The number of hydrogen-bond acceptors (Lipinski definition) is 3. The van der Waals surface area contributed by atoms with Crippen LogP contribution in [-0.4, -0.2) is 14.3 Å². The monoisotopic (exact) mass is 227 g/mol. The third kappa shape index (κ3) is 3.36. The van der Waals surface area contributed by atoms with Gasteiger partial charge in [0.2, 0.25) is 5.91 Å². The van der Waals surface area contributed by atoms with Crippen LogP contribution in [0.25, 0.3) is 0 Å². The minimum Gasteiger partial charge on any atom is -0.274 e. The van der Waals surface area contributed by atoms with Gasteiger partial charge in [0.25, 0.3) is 10.0 Å². The van der Waals surface area contributed by atoms with E-state index in [0.29, 0.717) is 6.42 Å². The molecule has 1 N–H and O–H groups in total. The molecule has 1 aromatic rings. The SMILES string of the molecule is CCCC(=O)NS(=O)(=O)c1ccccc1. The van der Waals surface area contributed by atoms with Crippen molar-refractivity contribution in [1.29, 1.82) is 0 Å². The fraction of sp³-hybridized carbons (Fsp3) is 0.300. The van der Waals surface area contributed by atoms with Crippen molar-refractivity contribution >= 4 is 15.9 Å². The molecule has 4 nitrogen and oxygen atoms in total. The smallest absolute Gasteiger partial charge is 0.264 e. The van der Waals surface area contributed by atoms with E-state index >= 15 is 0 Å². The molecule has 0 saturated carbocycles. The van der Waals surface area contributed by atoms with Crippen LogP contribution in [0.1, 0.15) is 19.8 Å². The fourth-order valence-corrected chi connectivity index (χ4v) is 2.12. The lowest BCUT2D eigenvalue weighted by atomic mass is 10.3. The maximum atomic E-state index is 11.6. The Morgan fingerprint density at radius 1 is 1.27 bits per heavy atom. The zero-order chi connectivity index (χ0) is 11.3. The average Bonchev–Trinajstić information content (AvgIpc) is 2.18. The van der Waals surface area contributed by atoms with Gasteiger partial charge in [0.1, 0.15) is 0 Å². The molecule has 0 radical (unpaired) electrons. The highest BCUT2D eigenvalue weighted by Crippen LogP contribution is 2.07. The normalized spacial score (nSPS) is 11.0. The van der Waals surface area contributed by atoms with Crippen LogP contribution in [0.15, 0.2) is 35.2 Å². The molecule has 1 rings (SSSR count). The molecule has 0 aliphatic heterocycles. The summed E-state index contributed by atoms with van der Waals surface area (Å²) in [5.74, 6) is -0.471. The molecule has 0 aliphatic carbocycles. The minimum absolute atomic E-state index is 0.106. The quantitative estimate of drug-likeness (QED) is 0.843. The van der Waals surface area contributed by atoms with Crippen molar-refractivity contribution < 1.29 is 13.2 Å². The van der Waals surface area contributed by atoms with Gasteiger partial charge in [-0.05, 0) is 18.6 Å². The predicted molar refractivity (Wildman–Crippen MR) is 56.7 cm³/mol. The van der Waals surface area contributed by atoms with Crippen LogP contribution in [-0.2, 0) is 14.8 Å². The molecule has 1 aromatic carbocycles. The van der Waals surface area contributed by atoms with Crippen molar-refractivity contribution in [2.24, 2.45) is 0 Å². The molecule has 0 bridgehead atoms. The van der Waals surface area contributed by atoms with E-state index in [9.17, 15) is 13.2 Å². The second kappa shape index (κ2) is 4.93. The number of carbonyl (C=O) groups excluding carboxylic acids is 1. The van der Waals surface area contributed by atoms with Gasteiger partial charge >= 0.3 is 0 Å². The van der Waals surface area contributed by atoms with Crippen LogP contribution in [0.3, 0.4) is 0 Å². The lowest BCUT2D eigenvalue weighted by molar-refractivity contribution is -0.119. The van der Waals surface area contributed by atoms with Crippen LogP contribution in [0, 0.1) is 0 Å². The summed E-state index contributed by atoms with van der Waals surface area (Å²) in [5.41, 5.74) is 0. The molecule has 5 heteroatoms. The summed E-state index contributed by atoms with van der Waals surface area (Å²) in [7, 11) is -3.68. The Morgan fingerprint density at radius 3 is 2.40 bits per heavy atom. The topological polar surface area (TPSA) is 63.2 Å². The van der Waals surface area contributed by atoms with Crippen molar-refractivity contribution in [2.45, 2.75) is 24.7 Å². The maximum absolute atomic E-state index is 11.6. The first-order valence-corrected chi connectivity index (χ1v) is 6.15. The lowest BCUT2D eigenvalue weighted by Crippen LogP contribution is -2.30. The highest BCUT2D eigenvalue weighted by Gasteiger charge is 2.15. The van der Waals surface area contributed by atoms with Crippen LogP contribution >= 0.6 is 0 Å². The van der Waals surface area contributed by atoms with Crippen molar-refractivity contribution in [1.82, 2.24) is 4.72 Å². The Labute approximate surface area is 89.4 Å². The van der Waals surface area contributed by atoms with Crippen LogP contribution in [0.4, 0.5) is 0 Å². The largest absolute Gasteiger partial charge is 0.274 e. The fourth-order valence-electron chi connectivity index (χ4n) is 1.09. The van der Waals surface area contributed by atoms with Crippen LogP contribution in [0.5, 0.6) is 0 Å². The highest BCUT2D eigenvalue weighted by molar-refractivity contribution is 7.90. The van der Waals surface area contributed by atoms with E-state index in [0.717, 1.165) is 0 Å². The summed E-state index contributed by atoms with van der Waals surface area (Å²) < 4.78 is 25.2. The standard InChI is InChI=1S/C10H13NO3S/c1-2-6-10(12)11-15(13,14)9-7-4-3-5-8-9/h3-5,7-8H,2,6H2,1H3,(H,11,12). The number of sulfonamides is 1. The average molecular weight is 227 g/mol. The Hall–Kier alpha value is -1.36. The van der Waals surface area contributed by atoms with Gasteiger partial charge in [-0.15, -0.1) is 0 Å². The Bertz CT molecular complexity index is 425. The summed E-state index contributed by atoms with van der Waals surface area (Å²) in [4.78, 5) is 11.2. The third-order valence-corrected chi connectivity index (χ3v) is 3.17. The second-order valence-corrected chi connectivity index (χ2v) is 4.77. The third-order valence-electron chi connectivity index (χ3n) is 1.78. The summed E-state index contributed by atoms with van der Waals surface area (Å²) in [6.45, 7) is 1.81. The first-order chi connectivity index (χ1) is 7.06. The minimum atomic E-state index is -3.68. The molecule has 0 spiro atoms. The van der Waals surface area contributed by atoms with E-state index in [-0.39, 0.29) is 11.3 Å². The molecule has 0 aromatic heterocycles. The summed E-state index contributed by atoms with van der Waals surface area (Å²) >= 11 is 0. The number of carbonyl (C=O) groups is 1. The molecule has 0 atom stereocenters. The van der Waals surface area contributed by atoms with Crippen molar-refractivity contribution in [3.63, 3.8) is 0 Å². The van der Waals surface area contributed by atoms with E-state index in [1.165, 1.54) is 12.1 Å². The first-order valence-electron chi connectivity index (χ1n) is 4.67. The number of amides is 1. The molecule has 0 unspecified atom stereocenters. The van der Waals surface area contributed by atoms with E-state index in [2.05, 4.69) is 0 Å². The van der Waals surface area contributed by atoms with Gasteiger partial charge in [0.15, 0.2) is 0 Å². The van der Waals surface area contributed by atoms with Gasteiger partial charge in [-0.2, -0.15) is 0 Å². The van der Waals surface area contributed by atoms with Crippen LogP contribution < -0.4 is 4.72 Å². The molecular weight excluding hydrogens is 214 g/mol. The van der Waals surface area contributed by atoms with E-state index in [1.807, 2.05) is 11.6 Å². The van der Waals surface area contributed by atoms with Gasteiger partial charge in [-0.1, -0.05) is 25.1 Å². The molecule has 1 amide bonds. The highest BCUT2D eigenvalue weighted by atomic mass is 32.2. The number of rotatable bonds is 4. The molecular formula is C10H13NO3S. The molecule has 0 saturated heterocycles. The lowest BCUT2D eigenvalue weighted by Gasteiger charge is -2.05. The number of hydrogen-bond donors (Lipinski definition) is 1. The Balaban J connectivity index is 2.81. The Kier molecular flexibility index (Phi) is 3.85. The van der Waals surface area contributed by atoms with Gasteiger partial charge in [0.05, 0.1) is 4.90 Å². The van der Waals surface area contributed by atoms with Crippen molar-refractivity contribution in [3.8, 4) is 0 Å². The molecule has 82 valence electrons. The molecule has 0 fully saturated rings. The van der Waals surface area contributed by atoms with Crippen molar-refractivity contribution in [2.75, 3.05) is 0 Å². The maximum Gasteiger partial charge on any atom is 0.264 e. The van der Waals surface area contributed by atoms with E-state index < -0.39 is 15.9 Å². The van der Waals surface area contributed by atoms with E-state index in [1.54, 1.807) is 18.2 Å². The molecule has 0 heterocycles. The molecule has 0 aliphatic rings. The predicted octanol–water partition coefficient (Wildman–Crippen LogP) is 1.29.